The first-order chi connectivity index (χ1) is 7.27. The molecule has 0 aliphatic heterocycles. The maximum absolute atomic E-state index is 3.42. The fourth-order valence-electron chi connectivity index (χ4n) is 2.74. The van der Waals surface area contributed by atoms with E-state index in [0.717, 1.165) is 17.9 Å². The van der Waals surface area contributed by atoms with Crippen molar-refractivity contribution < 1.29 is 0 Å². The predicted molar refractivity (Wildman–Crippen MR) is 73.1 cm³/mol. The third kappa shape index (κ3) is 2.07. The highest BCUT2D eigenvalue weighted by molar-refractivity contribution is 14.1. The second-order valence-corrected chi connectivity index (χ2v) is 5.49. The summed E-state index contributed by atoms with van der Waals surface area (Å²) in [4.78, 5) is 0. The van der Waals surface area contributed by atoms with Crippen LogP contribution in [0.15, 0.2) is 24.3 Å². The van der Waals surface area contributed by atoms with Crippen molar-refractivity contribution in [3.8, 4) is 0 Å². The molecule has 3 unspecified atom stereocenters. The number of nitrogens with one attached hydrogen (secondary N) is 1. The smallest absolute Gasteiger partial charge is 0.0165 e. The van der Waals surface area contributed by atoms with Crippen molar-refractivity contribution in [3.05, 3.63) is 33.4 Å². The largest absolute Gasteiger partial charge is 0.317 e. The van der Waals surface area contributed by atoms with E-state index in [2.05, 4.69) is 66.1 Å². The first kappa shape index (κ1) is 11.4. The molecule has 1 N–H and O–H groups in total. The molecule has 0 bridgehead atoms. The van der Waals surface area contributed by atoms with Gasteiger partial charge in [0.05, 0.1) is 0 Å². The summed E-state index contributed by atoms with van der Waals surface area (Å²) >= 11 is 2.46. The minimum atomic E-state index is 0.732. The minimum absolute atomic E-state index is 0.732. The lowest BCUT2D eigenvalue weighted by Gasteiger charge is -2.45. The molecule has 0 saturated heterocycles. The minimum Gasteiger partial charge on any atom is -0.317 e. The van der Waals surface area contributed by atoms with Gasteiger partial charge in [0.1, 0.15) is 0 Å². The average Bonchev–Trinajstić information content (AvgIpc) is 2.21. The monoisotopic (exact) mass is 315 g/mol. The summed E-state index contributed by atoms with van der Waals surface area (Å²) in [6.07, 6.45) is 2.58. The number of halogens is 1. The lowest BCUT2D eigenvalue weighted by atomic mass is 9.65. The van der Waals surface area contributed by atoms with E-state index in [4.69, 9.17) is 0 Å². The average molecular weight is 315 g/mol. The van der Waals surface area contributed by atoms with Gasteiger partial charge in [-0.2, -0.15) is 0 Å². The van der Waals surface area contributed by atoms with Gasteiger partial charge in [-0.05, 0) is 59.5 Å². The molecule has 0 radical (unpaired) electrons. The van der Waals surface area contributed by atoms with Crippen molar-refractivity contribution in [2.45, 2.75) is 31.7 Å². The number of rotatable bonds is 3. The van der Waals surface area contributed by atoms with Crippen LogP contribution in [-0.4, -0.2) is 13.1 Å². The highest BCUT2D eigenvalue weighted by atomic mass is 127. The van der Waals surface area contributed by atoms with Gasteiger partial charge < -0.3 is 5.32 Å². The van der Waals surface area contributed by atoms with Gasteiger partial charge in [0.25, 0.3) is 0 Å². The van der Waals surface area contributed by atoms with E-state index >= 15 is 0 Å². The molecular formula is C13H18IN. The van der Waals surface area contributed by atoms with Gasteiger partial charge in [-0.3, -0.25) is 0 Å². The summed E-state index contributed by atoms with van der Waals surface area (Å²) in [6.45, 7) is 2.30. The van der Waals surface area contributed by atoms with Crippen molar-refractivity contribution >= 4 is 22.6 Å². The fourth-order valence-corrected chi connectivity index (χ4v) is 3.53. The summed E-state index contributed by atoms with van der Waals surface area (Å²) in [5.74, 6) is 1.60. The molecule has 3 atom stereocenters. The summed E-state index contributed by atoms with van der Waals surface area (Å²) in [5.41, 5.74) is 1.55. The summed E-state index contributed by atoms with van der Waals surface area (Å²) in [7, 11) is 2.08. The number of benzene rings is 1. The molecule has 1 aromatic rings. The Kier molecular flexibility index (Phi) is 3.67. The van der Waals surface area contributed by atoms with Crippen LogP contribution in [0, 0.1) is 9.49 Å². The highest BCUT2D eigenvalue weighted by Gasteiger charge is 2.39. The van der Waals surface area contributed by atoms with E-state index in [9.17, 15) is 0 Å². The molecular weight excluding hydrogens is 297 g/mol. The third-order valence-electron chi connectivity index (χ3n) is 3.69. The zero-order valence-corrected chi connectivity index (χ0v) is 11.5. The van der Waals surface area contributed by atoms with Crippen molar-refractivity contribution in [2.24, 2.45) is 5.92 Å². The standard InChI is InChI=1S/C13H18IN/c1-3-9-11(8-13(9)15-2)10-6-4-5-7-12(10)14/h4-7,9,11,13,15H,3,8H2,1-2H3. The van der Waals surface area contributed by atoms with E-state index < -0.39 is 0 Å². The van der Waals surface area contributed by atoms with E-state index in [1.165, 1.54) is 16.4 Å². The Bertz CT molecular complexity index is 337. The molecule has 1 saturated carbocycles. The number of hydrogen-bond acceptors (Lipinski definition) is 1. The number of hydrogen-bond donors (Lipinski definition) is 1. The predicted octanol–water partition coefficient (Wildman–Crippen LogP) is 3.39. The van der Waals surface area contributed by atoms with Gasteiger partial charge in [0.2, 0.25) is 0 Å². The molecule has 1 aliphatic carbocycles. The Hall–Kier alpha value is -0.0900. The van der Waals surface area contributed by atoms with Gasteiger partial charge >= 0.3 is 0 Å². The Morgan fingerprint density at radius 2 is 2.13 bits per heavy atom. The van der Waals surface area contributed by atoms with Gasteiger partial charge in [-0.15, -0.1) is 0 Å². The molecule has 1 aliphatic rings. The zero-order valence-electron chi connectivity index (χ0n) is 9.33. The molecule has 1 aromatic carbocycles. The topological polar surface area (TPSA) is 12.0 Å². The van der Waals surface area contributed by atoms with Crippen molar-refractivity contribution in [1.82, 2.24) is 5.32 Å². The van der Waals surface area contributed by atoms with Crippen LogP contribution in [0.3, 0.4) is 0 Å². The Balaban J connectivity index is 2.16. The second-order valence-electron chi connectivity index (χ2n) is 4.33. The second kappa shape index (κ2) is 4.83. The van der Waals surface area contributed by atoms with Crippen LogP contribution in [0.2, 0.25) is 0 Å². The van der Waals surface area contributed by atoms with Crippen LogP contribution in [0.1, 0.15) is 31.2 Å². The molecule has 0 spiro atoms. The van der Waals surface area contributed by atoms with Gasteiger partial charge in [-0.25, -0.2) is 0 Å². The lowest BCUT2D eigenvalue weighted by molar-refractivity contribution is 0.168. The molecule has 2 rings (SSSR count). The normalized spacial score (nSPS) is 29.9. The van der Waals surface area contributed by atoms with Crippen LogP contribution >= 0.6 is 22.6 Å². The summed E-state index contributed by atoms with van der Waals surface area (Å²) in [6, 6.07) is 9.53. The van der Waals surface area contributed by atoms with Crippen molar-refractivity contribution in [2.75, 3.05) is 7.05 Å². The first-order valence-electron chi connectivity index (χ1n) is 5.69. The first-order valence-corrected chi connectivity index (χ1v) is 6.77. The van der Waals surface area contributed by atoms with Crippen LogP contribution in [-0.2, 0) is 0 Å². The lowest BCUT2D eigenvalue weighted by Crippen LogP contribution is -2.47. The zero-order chi connectivity index (χ0) is 10.8. The van der Waals surface area contributed by atoms with Crippen molar-refractivity contribution in [3.63, 3.8) is 0 Å². The quantitative estimate of drug-likeness (QED) is 0.843. The van der Waals surface area contributed by atoms with Gasteiger partial charge in [0.15, 0.2) is 0 Å². The Morgan fingerprint density at radius 1 is 1.40 bits per heavy atom. The maximum atomic E-state index is 3.42. The molecule has 0 heterocycles. The highest BCUT2D eigenvalue weighted by Crippen LogP contribution is 2.45. The summed E-state index contributed by atoms with van der Waals surface area (Å²) < 4.78 is 1.42. The van der Waals surface area contributed by atoms with Crippen LogP contribution in [0.5, 0.6) is 0 Å². The van der Waals surface area contributed by atoms with E-state index in [1.54, 1.807) is 5.56 Å². The van der Waals surface area contributed by atoms with Gasteiger partial charge in [0, 0.05) is 9.61 Å². The van der Waals surface area contributed by atoms with Gasteiger partial charge in [-0.1, -0.05) is 31.5 Å². The van der Waals surface area contributed by atoms with E-state index in [-0.39, 0.29) is 0 Å². The summed E-state index contributed by atoms with van der Waals surface area (Å²) in [5, 5.41) is 3.42. The molecule has 82 valence electrons. The third-order valence-corrected chi connectivity index (χ3v) is 4.67. The molecule has 0 aromatic heterocycles. The van der Waals surface area contributed by atoms with Crippen LogP contribution < -0.4 is 5.32 Å². The Labute approximate surface area is 106 Å². The van der Waals surface area contributed by atoms with Crippen LogP contribution in [0.25, 0.3) is 0 Å². The van der Waals surface area contributed by atoms with E-state index in [0.29, 0.717) is 0 Å². The molecule has 15 heavy (non-hydrogen) atoms. The fraction of sp³-hybridized carbons (Fsp3) is 0.538. The molecule has 1 nitrogen and oxygen atoms in total. The molecule has 1 fully saturated rings. The molecule has 2 heteroatoms. The van der Waals surface area contributed by atoms with Crippen molar-refractivity contribution in [1.29, 1.82) is 0 Å². The molecule has 0 amide bonds. The maximum Gasteiger partial charge on any atom is 0.0165 e. The van der Waals surface area contributed by atoms with E-state index in [1.807, 2.05) is 0 Å². The SMILES string of the molecule is CCC1C(NC)CC1c1ccccc1I. The Morgan fingerprint density at radius 3 is 2.73 bits per heavy atom. The van der Waals surface area contributed by atoms with Crippen LogP contribution in [0.4, 0.5) is 0 Å².